The largest absolute Gasteiger partial charge is 0.364 e. The fourth-order valence-electron chi connectivity index (χ4n) is 3.73. The van der Waals surface area contributed by atoms with Crippen LogP contribution >= 0.6 is 11.6 Å². The number of amides is 3. The summed E-state index contributed by atoms with van der Waals surface area (Å²) >= 11 is 5.79. The van der Waals surface area contributed by atoms with E-state index in [1.807, 2.05) is 0 Å². The zero-order valence-electron chi connectivity index (χ0n) is 17.5. The number of nitrogens with zero attached hydrogens (tertiary/aromatic N) is 3. The number of carbonyl (C=O) groups excluding carboxylic acids is 3. The first kappa shape index (κ1) is 22.3. The van der Waals surface area contributed by atoms with Crippen LogP contribution < -0.4 is 11.1 Å². The normalized spacial score (nSPS) is 17.4. The minimum atomic E-state index is -1.05. The lowest BCUT2D eigenvalue weighted by Crippen LogP contribution is -2.52. The molecule has 0 aliphatic carbocycles. The van der Waals surface area contributed by atoms with E-state index in [4.69, 9.17) is 17.3 Å². The molecule has 0 fully saturated rings. The molecule has 168 valence electrons. The van der Waals surface area contributed by atoms with Gasteiger partial charge < -0.3 is 16.0 Å². The lowest BCUT2D eigenvalue weighted by molar-refractivity contribution is -0.139. The molecule has 3 amide bonds. The maximum absolute atomic E-state index is 14.3. The molecule has 3 aromatic rings. The van der Waals surface area contributed by atoms with Gasteiger partial charge in [0.1, 0.15) is 12.6 Å². The van der Waals surface area contributed by atoms with Crippen molar-refractivity contribution in [3.63, 3.8) is 0 Å². The van der Waals surface area contributed by atoms with Crippen LogP contribution in [0.3, 0.4) is 0 Å². The van der Waals surface area contributed by atoms with Gasteiger partial charge in [-0.2, -0.15) is 5.10 Å². The number of fused-ring (bicyclic) bond motifs is 1. The number of primary amides is 1. The van der Waals surface area contributed by atoms with Gasteiger partial charge in [-0.25, -0.2) is 4.39 Å². The number of benzene rings is 2. The summed E-state index contributed by atoms with van der Waals surface area (Å²) < 4.78 is 15.6. The zero-order chi connectivity index (χ0) is 23.7. The number of hydrogen-bond acceptors (Lipinski definition) is 4. The molecule has 0 saturated carbocycles. The maximum atomic E-state index is 14.3. The summed E-state index contributed by atoms with van der Waals surface area (Å²) in [6.07, 6.45) is 3.06. The van der Waals surface area contributed by atoms with Gasteiger partial charge in [0, 0.05) is 5.39 Å². The number of anilines is 1. The van der Waals surface area contributed by atoms with Crippen molar-refractivity contribution in [1.29, 1.82) is 0 Å². The third-order valence-corrected chi connectivity index (χ3v) is 5.56. The summed E-state index contributed by atoms with van der Waals surface area (Å²) in [5.41, 5.74) is 8.80. The Morgan fingerprint density at radius 1 is 1.18 bits per heavy atom. The molecule has 0 bridgehead atoms. The van der Waals surface area contributed by atoms with Crippen molar-refractivity contribution in [2.24, 2.45) is 5.73 Å². The van der Waals surface area contributed by atoms with Gasteiger partial charge in [-0.05, 0) is 37.3 Å². The number of carbonyl (C=O) groups is 3. The van der Waals surface area contributed by atoms with Crippen molar-refractivity contribution in [1.82, 2.24) is 14.7 Å². The third kappa shape index (κ3) is 4.24. The molecule has 0 saturated heterocycles. The van der Waals surface area contributed by atoms with Gasteiger partial charge in [-0.3, -0.25) is 19.1 Å². The van der Waals surface area contributed by atoms with E-state index >= 15 is 0 Å². The topological polar surface area (TPSA) is 110 Å². The summed E-state index contributed by atoms with van der Waals surface area (Å²) in [6, 6.07) is 9.61. The second-order valence-electron chi connectivity index (χ2n) is 7.46. The Balaban J connectivity index is 1.62. The van der Waals surface area contributed by atoms with E-state index in [9.17, 15) is 18.8 Å². The van der Waals surface area contributed by atoms with Crippen LogP contribution in [0.5, 0.6) is 0 Å². The first-order chi connectivity index (χ1) is 15.8. The van der Waals surface area contributed by atoms with Crippen molar-refractivity contribution >= 4 is 45.9 Å². The van der Waals surface area contributed by atoms with E-state index < -0.39 is 35.6 Å². The standard InChI is InChI=1S/C23H19ClFN5O3/c1-13-6-4-11-18(23(33)27-16-9-5-8-15(24)20(16)25)30(13)19(31)12-29-17-10-3-2-7-14(17)21(28-29)22(26)32/h2-3,5-11,13,18H,12H2,1H3,(H2,26,32)(H,27,33)/t13?,18-/m1/s1. The Hall–Kier alpha value is -3.94. The van der Waals surface area contributed by atoms with Crippen molar-refractivity contribution in [3.8, 4) is 0 Å². The SMILES string of the molecule is CC1C=C=C[C@H](C(=O)Nc2cccc(Cl)c2F)N1C(=O)Cn1nc(C(N)=O)c2ccccc21. The minimum absolute atomic E-state index is 0.0515. The van der Waals surface area contributed by atoms with Crippen LogP contribution in [0.2, 0.25) is 5.02 Å². The Bertz CT molecular complexity index is 1350. The average molecular weight is 468 g/mol. The van der Waals surface area contributed by atoms with Crippen molar-refractivity contribution < 1.29 is 18.8 Å². The van der Waals surface area contributed by atoms with E-state index in [1.165, 1.54) is 33.9 Å². The molecule has 0 radical (unpaired) electrons. The molecular formula is C23H19ClFN5O3. The quantitative estimate of drug-likeness (QED) is 0.562. The van der Waals surface area contributed by atoms with Crippen LogP contribution in [0.15, 0.2) is 60.3 Å². The summed E-state index contributed by atoms with van der Waals surface area (Å²) in [5.74, 6) is -2.54. The number of aromatic nitrogens is 2. The smallest absolute Gasteiger partial charge is 0.269 e. The van der Waals surface area contributed by atoms with Gasteiger partial charge in [0.15, 0.2) is 11.5 Å². The molecule has 2 aromatic carbocycles. The van der Waals surface area contributed by atoms with E-state index in [0.717, 1.165) is 0 Å². The summed E-state index contributed by atoms with van der Waals surface area (Å²) in [6.45, 7) is 1.49. The molecule has 2 atom stereocenters. The fourth-order valence-corrected chi connectivity index (χ4v) is 3.91. The number of nitrogens with two attached hydrogens (primary N) is 1. The highest BCUT2D eigenvalue weighted by Gasteiger charge is 2.33. The molecule has 1 unspecified atom stereocenters. The predicted octanol–water partition coefficient (Wildman–Crippen LogP) is 2.88. The summed E-state index contributed by atoms with van der Waals surface area (Å²) in [7, 11) is 0. The van der Waals surface area contributed by atoms with Crippen molar-refractivity contribution in [2.45, 2.75) is 25.6 Å². The third-order valence-electron chi connectivity index (χ3n) is 5.27. The Kier molecular flexibility index (Phi) is 6.00. The minimum Gasteiger partial charge on any atom is -0.364 e. The number of para-hydroxylation sites is 1. The molecule has 4 rings (SSSR count). The van der Waals surface area contributed by atoms with Crippen molar-refractivity contribution in [2.75, 3.05) is 5.32 Å². The van der Waals surface area contributed by atoms with Gasteiger partial charge in [0.05, 0.1) is 22.3 Å². The fraction of sp³-hybridized carbons (Fsp3) is 0.174. The highest BCUT2D eigenvalue weighted by molar-refractivity contribution is 6.31. The molecule has 1 aromatic heterocycles. The maximum Gasteiger partial charge on any atom is 0.269 e. The van der Waals surface area contributed by atoms with E-state index in [0.29, 0.717) is 10.9 Å². The van der Waals surface area contributed by atoms with E-state index in [-0.39, 0.29) is 22.9 Å². The van der Waals surface area contributed by atoms with Crippen LogP contribution in [0.25, 0.3) is 10.9 Å². The number of halogens is 2. The lowest BCUT2D eigenvalue weighted by atomic mass is 10.1. The predicted molar refractivity (Wildman–Crippen MR) is 121 cm³/mol. The first-order valence-electron chi connectivity index (χ1n) is 10.0. The van der Waals surface area contributed by atoms with Crippen molar-refractivity contribution in [3.05, 3.63) is 76.9 Å². The van der Waals surface area contributed by atoms with Gasteiger partial charge in [-0.15, -0.1) is 5.73 Å². The molecular weight excluding hydrogens is 449 g/mol. The highest BCUT2D eigenvalue weighted by atomic mass is 35.5. The Morgan fingerprint density at radius 2 is 1.94 bits per heavy atom. The molecule has 0 spiro atoms. The Morgan fingerprint density at radius 3 is 2.70 bits per heavy atom. The van der Waals surface area contributed by atoms with Crippen LogP contribution in [-0.4, -0.2) is 44.5 Å². The average Bonchev–Trinajstić information content (AvgIpc) is 3.15. The molecule has 10 heteroatoms. The molecule has 2 heterocycles. The van der Waals surface area contributed by atoms with E-state index in [1.54, 1.807) is 37.3 Å². The molecule has 3 N–H and O–H groups in total. The molecule has 1 aliphatic heterocycles. The highest BCUT2D eigenvalue weighted by Crippen LogP contribution is 2.24. The number of rotatable bonds is 5. The van der Waals surface area contributed by atoms with E-state index in [2.05, 4.69) is 16.1 Å². The number of hydrogen-bond donors (Lipinski definition) is 2. The first-order valence-corrected chi connectivity index (χ1v) is 10.4. The van der Waals surface area contributed by atoms with Gasteiger partial charge in [-0.1, -0.05) is 35.9 Å². The molecule has 8 nitrogen and oxygen atoms in total. The van der Waals surface area contributed by atoms with Crippen LogP contribution in [0.4, 0.5) is 10.1 Å². The second kappa shape index (κ2) is 8.90. The Labute approximate surface area is 193 Å². The van der Waals surface area contributed by atoms with Gasteiger partial charge in [0.2, 0.25) is 5.91 Å². The number of nitrogens with one attached hydrogen (secondary N) is 1. The van der Waals surface area contributed by atoms with Gasteiger partial charge >= 0.3 is 0 Å². The molecule has 1 aliphatic rings. The summed E-state index contributed by atoms with van der Waals surface area (Å²) in [4.78, 5) is 39.4. The second-order valence-corrected chi connectivity index (χ2v) is 7.87. The van der Waals surface area contributed by atoms with Crippen LogP contribution in [0, 0.1) is 5.82 Å². The lowest BCUT2D eigenvalue weighted by Gasteiger charge is -2.34. The van der Waals surface area contributed by atoms with Crippen LogP contribution in [-0.2, 0) is 16.1 Å². The summed E-state index contributed by atoms with van der Waals surface area (Å²) in [5, 5.41) is 7.07. The van der Waals surface area contributed by atoms with Gasteiger partial charge in [0.25, 0.3) is 11.8 Å². The zero-order valence-corrected chi connectivity index (χ0v) is 18.2. The monoisotopic (exact) mass is 467 g/mol. The van der Waals surface area contributed by atoms with Crippen LogP contribution in [0.1, 0.15) is 17.4 Å². The molecule has 33 heavy (non-hydrogen) atoms.